The Labute approximate surface area is 163 Å². The number of carbonyl (C=O) groups is 2. The Balaban J connectivity index is 1.62. The predicted molar refractivity (Wildman–Crippen MR) is 106 cm³/mol. The number of amides is 1. The third-order valence-corrected chi connectivity index (χ3v) is 6.27. The maximum Gasteiger partial charge on any atom is 0.318 e. The lowest BCUT2D eigenvalue weighted by molar-refractivity contribution is -0.160. The molecule has 2 aliphatic heterocycles. The third-order valence-electron chi connectivity index (χ3n) is 6.27. The predicted octanol–water partition coefficient (Wildman–Crippen LogP) is 3.57. The molecule has 5 rings (SSSR count). The lowest BCUT2D eigenvalue weighted by Gasteiger charge is -2.45. The van der Waals surface area contributed by atoms with E-state index in [1.807, 2.05) is 41.3 Å². The van der Waals surface area contributed by atoms with Gasteiger partial charge in [-0.05, 0) is 30.0 Å². The highest BCUT2D eigenvalue weighted by atomic mass is 16.5. The average molecular weight is 374 g/mol. The fourth-order valence-corrected chi connectivity index (χ4v) is 4.98. The van der Waals surface area contributed by atoms with Gasteiger partial charge in [0.05, 0.1) is 13.2 Å². The van der Waals surface area contributed by atoms with Gasteiger partial charge in [0.15, 0.2) is 0 Å². The van der Waals surface area contributed by atoms with Crippen molar-refractivity contribution in [2.24, 2.45) is 5.92 Å². The van der Waals surface area contributed by atoms with Gasteiger partial charge in [-0.15, -0.1) is 0 Å². The minimum atomic E-state index is -0.783. The second-order valence-electron chi connectivity index (χ2n) is 7.61. The van der Waals surface area contributed by atoms with Gasteiger partial charge in [0.25, 0.3) is 0 Å². The van der Waals surface area contributed by atoms with E-state index in [9.17, 15) is 9.59 Å². The largest absolute Gasteiger partial charge is 0.468 e. The zero-order chi connectivity index (χ0) is 19.3. The average Bonchev–Trinajstić information content (AvgIpc) is 3.13. The number of carbonyl (C=O) groups excluding carboxylic acids is 2. The Hall–Kier alpha value is -3.08. The zero-order valence-corrected chi connectivity index (χ0v) is 15.7. The summed E-state index contributed by atoms with van der Waals surface area (Å²) >= 11 is 0. The summed E-state index contributed by atoms with van der Waals surface area (Å²) < 4.78 is 5.01. The number of esters is 1. The molecule has 3 aromatic rings. The lowest BCUT2D eigenvalue weighted by atomic mass is 9.74. The minimum Gasteiger partial charge on any atom is -0.468 e. The van der Waals surface area contributed by atoms with Crippen LogP contribution in [0.1, 0.15) is 35.2 Å². The summed E-state index contributed by atoms with van der Waals surface area (Å²) in [6.07, 6.45) is 1.50. The van der Waals surface area contributed by atoms with Crippen LogP contribution in [0.3, 0.4) is 0 Å². The molecule has 0 unspecified atom stereocenters. The first-order valence-corrected chi connectivity index (χ1v) is 9.71. The van der Waals surface area contributed by atoms with Crippen molar-refractivity contribution in [1.29, 1.82) is 0 Å². The number of ether oxygens (including phenoxy) is 1. The fraction of sp³-hybridized carbons (Fsp3) is 0.304. The van der Waals surface area contributed by atoms with E-state index in [0.29, 0.717) is 13.0 Å². The summed E-state index contributed by atoms with van der Waals surface area (Å²) in [4.78, 5) is 31.4. The van der Waals surface area contributed by atoms with Crippen LogP contribution < -0.4 is 0 Å². The van der Waals surface area contributed by atoms with Crippen LogP contribution in [0.15, 0.2) is 54.6 Å². The number of nitrogens with one attached hydrogen (secondary N) is 1. The molecule has 1 aromatic heterocycles. The van der Waals surface area contributed by atoms with Crippen molar-refractivity contribution in [1.82, 2.24) is 9.88 Å². The minimum absolute atomic E-state index is 0.0465. The highest BCUT2D eigenvalue weighted by Gasteiger charge is 2.49. The van der Waals surface area contributed by atoms with Crippen LogP contribution in [-0.2, 0) is 20.7 Å². The summed E-state index contributed by atoms with van der Waals surface area (Å²) in [5.74, 6) is -1.55. The van der Waals surface area contributed by atoms with Gasteiger partial charge in [-0.25, -0.2) is 0 Å². The fourth-order valence-electron chi connectivity index (χ4n) is 4.98. The molecule has 2 aliphatic rings. The Morgan fingerprint density at radius 2 is 1.86 bits per heavy atom. The molecule has 5 nitrogen and oxygen atoms in total. The molecule has 1 N–H and O–H groups in total. The Morgan fingerprint density at radius 3 is 2.64 bits per heavy atom. The highest BCUT2D eigenvalue weighted by molar-refractivity contribution is 6.00. The quantitative estimate of drug-likeness (QED) is 0.551. The molecule has 1 saturated heterocycles. The first-order valence-electron chi connectivity index (χ1n) is 9.71. The molecule has 1 amide bonds. The smallest absolute Gasteiger partial charge is 0.318 e. The molecule has 0 spiro atoms. The first kappa shape index (κ1) is 17.0. The molecule has 1 fully saturated rings. The molecule has 142 valence electrons. The lowest BCUT2D eigenvalue weighted by Crippen LogP contribution is -2.51. The van der Waals surface area contributed by atoms with Crippen molar-refractivity contribution in [3.05, 3.63) is 71.4 Å². The summed E-state index contributed by atoms with van der Waals surface area (Å²) in [5, 5.41) is 1.23. The highest BCUT2D eigenvalue weighted by Crippen LogP contribution is 2.47. The van der Waals surface area contributed by atoms with Crippen molar-refractivity contribution in [2.75, 3.05) is 13.7 Å². The van der Waals surface area contributed by atoms with E-state index in [1.54, 1.807) is 0 Å². The number of aromatic nitrogens is 1. The van der Waals surface area contributed by atoms with Crippen LogP contribution in [0.25, 0.3) is 10.9 Å². The molecule has 0 saturated carbocycles. The van der Waals surface area contributed by atoms with E-state index < -0.39 is 11.9 Å². The summed E-state index contributed by atoms with van der Waals surface area (Å²) in [7, 11) is 1.36. The SMILES string of the molecule is COC(=O)[C@@H]1C(=O)N2CCc3c([nH]c4ccccc34)[C@@H]2C[C@H]1c1ccccc1. The maximum absolute atomic E-state index is 13.4. The molecule has 0 radical (unpaired) electrons. The molecule has 2 aromatic carbocycles. The number of benzene rings is 2. The molecule has 5 heteroatoms. The topological polar surface area (TPSA) is 62.4 Å². The Kier molecular flexibility index (Phi) is 3.97. The number of nitrogens with zero attached hydrogens (tertiary/aromatic N) is 1. The van der Waals surface area contributed by atoms with E-state index in [0.717, 1.165) is 23.2 Å². The molecule has 0 aliphatic carbocycles. The number of hydrogen-bond acceptors (Lipinski definition) is 3. The number of aromatic amines is 1. The molecule has 3 atom stereocenters. The van der Waals surface area contributed by atoms with Crippen molar-refractivity contribution >= 4 is 22.8 Å². The van der Waals surface area contributed by atoms with E-state index >= 15 is 0 Å². The van der Waals surface area contributed by atoms with Crippen molar-refractivity contribution in [3.63, 3.8) is 0 Å². The van der Waals surface area contributed by atoms with Crippen LogP contribution in [0.5, 0.6) is 0 Å². The zero-order valence-electron chi connectivity index (χ0n) is 15.7. The van der Waals surface area contributed by atoms with Gasteiger partial charge in [0, 0.05) is 29.1 Å². The molecule has 28 heavy (non-hydrogen) atoms. The van der Waals surface area contributed by atoms with Crippen molar-refractivity contribution in [3.8, 4) is 0 Å². The van der Waals surface area contributed by atoms with E-state index in [-0.39, 0.29) is 17.9 Å². The Morgan fingerprint density at radius 1 is 1.11 bits per heavy atom. The second kappa shape index (κ2) is 6.51. The van der Waals surface area contributed by atoms with Gasteiger partial charge in [-0.2, -0.15) is 0 Å². The summed E-state index contributed by atoms with van der Waals surface area (Å²) in [6.45, 7) is 0.632. The van der Waals surface area contributed by atoms with Gasteiger partial charge in [-0.3, -0.25) is 9.59 Å². The van der Waals surface area contributed by atoms with E-state index in [1.165, 1.54) is 18.1 Å². The van der Waals surface area contributed by atoms with Crippen LogP contribution in [0.4, 0.5) is 0 Å². The van der Waals surface area contributed by atoms with Gasteiger partial charge in [0.2, 0.25) is 5.91 Å². The van der Waals surface area contributed by atoms with Gasteiger partial charge in [-0.1, -0.05) is 48.5 Å². The summed E-state index contributed by atoms with van der Waals surface area (Å²) in [5.41, 5.74) is 4.53. The van der Waals surface area contributed by atoms with Crippen LogP contribution in [0, 0.1) is 5.92 Å². The second-order valence-corrected chi connectivity index (χ2v) is 7.61. The van der Waals surface area contributed by atoms with Gasteiger partial charge in [0.1, 0.15) is 5.92 Å². The van der Waals surface area contributed by atoms with Crippen molar-refractivity contribution in [2.45, 2.75) is 24.8 Å². The number of piperidine rings is 1. The van der Waals surface area contributed by atoms with Crippen LogP contribution in [-0.4, -0.2) is 35.4 Å². The third kappa shape index (κ3) is 2.46. The first-order chi connectivity index (χ1) is 13.7. The number of para-hydroxylation sites is 1. The van der Waals surface area contributed by atoms with E-state index in [4.69, 9.17) is 4.74 Å². The maximum atomic E-state index is 13.4. The molecule has 3 heterocycles. The number of methoxy groups -OCH3 is 1. The monoisotopic (exact) mass is 374 g/mol. The van der Waals surface area contributed by atoms with Gasteiger partial charge >= 0.3 is 5.97 Å². The van der Waals surface area contributed by atoms with Crippen LogP contribution in [0.2, 0.25) is 0 Å². The number of H-pyrrole nitrogens is 1. The van der Waals surface area contributed by atoms with Crippen molar-refractivity contribution < 1.29 is 14.3 Å². The number of hydrogen-bond donors (Lipinski definition) is 1. The standard InChI is InChI=1S/C23H22N2O3/c1-28-23(27)20-17(14-7-3-2-4-8-14)13-19-21-16(11-12-25(19)22(20)26)15-9-5-6-10-18(15)24-21/h2-10,17,19-20,24H,11-13H2,1H3/t17-,19-,20-/m0/s1. The normalized spacial score (nSPS) is 24.0. The van der Waals surface area contributed by atoms with Crippen LogP contribution >= 0.6 is 0 Å². The Bertz CT molecular complexity index is 1060. The molecule has 0 bridgehead atoms. The van der Waals surface area contributed by atoms with Gasteiger partial charge < -0.3 is 14.6 Å². The molecular formula is C23H22N2O3. The number of fused-ring (bicyclic) bond motifs is 5. The number of rotatable bonds is 2. The van der Waals surface area contributed by atoms with E-state index in [2.05, 4.69) is 23.2 Å². The summed E-state index contributed by atoms with van der Waals surface area (Å²) in [6, 6.07) is 18.1. The molecular weight excluding hydrogens is 352 g/mol.